The molecule has 0 aliphatic rings. The molecule has 1 amide bonds. The molecule has 2 rings (SSSR count). The van der Waals surface area contributed by atoms with Crippen LogP contribution in [0, 0.1) is 5.82 Å². The molecule has 1 atom stereocenters. The number of hydrogen-bond donors (Lipinski definition) is 1. The Morgan fingerprint density at radius 3 is 2.60 bits per heavy atom. The van der Waals surface area contributed by atoms with Gasteiger partial charge < -0.3 is 5.32 Å². The number of hydrogen-bond acceptors (Lipinski definition) is 2. The van der Waals surface area contributed by atoms with Crippen molar-refractivity contribution in [3.05, 3.63) is 59.4 Å². The Hall–Kier alpha value is -1.52. The molecule has 0 heterocycles. The zero-order chi connectivity index (χ0) is 14.5. The molecule has 0 aliphatic carbocycles. The first kappa shape index (κ1) is 14.9. The van der Waals surface area contributed by atoms with Crippen molar-refractivity contribution in [1.29, 1.82) is 0 Å². The lowest BCUT2D eigenvalue weighted by molar-refractivity contribution is -0.115. The van der Waals surface area contributed by atoms with Crippen LogP contribution in [0.3, 0.4) is 0 Å². The molecule has 0 aliphatic heterocycles. The highest BCUT2D eigenvalue weighted by Crippen LogP contribution is 2.24. The zero-order valence-electron chi connectivity index (χ0n) is 10.8. The van der Waals surface area contributed by atoms with E-state index in [1.54, 1.807) is 0 Å². The van der Waals surface area contributed by atoms with E-state index in [2.05, 4.69) is 5.32 Å². The zero-order valence-corrected chi connectivity index (χ0v) is 12.3. The lowest BCUT2D eigenvalue weighted by atomic mass is 10.3. The van der Waals surface area contributed by atoms with Crippen LogP contribution in [-0.2, 0) is 4.79 Å². The summed E-state index contributed by atoms with van der Waals surface area (Å²) in [5.41, 5.74) is 0.488. The second-order valence-corrected chi connectivity index (χ2v) is 6.01. The molecule has 2 nitrogen and oxygen atoms in total. The van der Waals surface area contributed by atoms with Gasteiger partial charge in [-0.1, -0.05) is 29.8 Å². The number of carbonyl (C=O) groups is 1. The van der Waals surface area contributed by atoms with E-state index in [4.69, 9.17) is 11.6 Å². The van der Waals surface area contributed by atoms with Gasteiger partial charge in [0.25, 0.3) is 0 Å². The summed E-state index contributed by atoms with van der Waals surface area (Å²) in [5, 5.41) is 2.45. The monoisotopic (exact) mass is 309 g/mol. The number of halogens is 2. The van der Waals surface area contributed by atoms with E-state index in [1.807, 2.05) is 37.3 Å². The van der Waals surface area contributed by atoms with Gasteiger partial charge in [-0.15, -0.1) is 11.8 Å². The first-order valence-electron chi connectivity index (χ1n) is 6.04. The fraction of sp³-hybridized carbons (Fsp3) is 0.133. The van der Waals surface area contributed by atoms with Crippen LogP contribution >= 0.6 is 23.4 Å². The molecule has 2 aromatic carbocycles. The van der Waals surface area contributed by atoms with Gasteiger partial charge in [0, 0.05) is 10.6 Å². The van der Waals surface area contributed by atoms with Gasteiger partial charge in [-0.05, 0) is 37.3 Å². The molecule has 1 N–H and O–H groups in total. The maximum Gasteiger partial charge on any atom is 0.237 e. The smallest absolute Gasteiger partial charge is 0.237 e. The summed E-state index contributed by atoms with van der Waals surface area (Å²) in [6.07, 6.45) is 0. The van der Waals surface area contributed by atoms with Crippen molar-refractivity contribution in [1.82, 2.24) is 0 Å². The lowest BCUT2D eigenvalue weighted by Crippen LogP contribution is -2.22. The molecule has 20 heavy (non-hydrogen) atoms. The summed E-state index contributed by atoms with van der Waals surface area (Å²) in [6, 6.07) is 13.8. The number of nitrogens with one attached hydrogen (secondary N) is 1. The minimum atomic E-state index is -0.503. The standard InChI is InChI=1S/C15H13ClFNOS/c1-10(20-12-5-3-2-4-6-12)15(19)18-11-7-8-14(17)13(16)9-11/h2-10H,1H3,(H,18,19)/t10-/m0/s1. The third-order valence-electron chi connectivity index (χ3n) is 2.61. The summed E-state index contributed by atoms with van der Waals surface area (Å²) in [5.74, 6) is -0.655. The fourth-order valence-corrected chi connectivity index (χ4v) is 2.64. The van der Waals surface area contributed by atoms with E-state index in [-0.39, 0.29) is 16.2 Å². The van der Waals surface area contributed by atoms with Crippen LogP contribution in [0.25, 0.3) is 0 Å². The van der Waals surface area contributed by atoms with E-state index in [1.165, 1.54) is 30.0 Å². The summed E-state index contributed by atoms with van der Waals surface area (Å²) < 4.78 is 13.0. The van der Waals surface area contributed by atoms with Crippen LogP contribution in [0.2, 0.25) is 5.02 Å². The van der Waals surface area contributed by atoms with E-state index >= 15 is 0 Å². The molecule has 104 valence electrons. The molecule has 5 heteroatoms. The highest BCUT2D eigenvalue weighted by molar-refractivity contribution is 8.00. The van der Waals surface area contributed by atoms with Crippen molar-refractivity contribution in [3.63, 3.8) is 0 Å². The normalized spacial score (nSPS) is 11.9. The summed E-state index contributed by atoms with van der Waals surface area (Å²) in [4.78, 5) is 13.1. The van der Waals surface area contributed by atoms with Crippen LogP contribution < -0.4 is 5.32 Å². The topological polar surface area (TPSA) is 29.1 Å². The SMILES string of the molecule is C[C@H](Sc1ccccc1)C(=O)Nc1ccc(F)c(Cl)c1. The van der Waals surface area contributed by atoms with E-state index < -0.39 is 5.82 Å². The molecule has 0 aromatic heterocycles. The quantitative estimate of drug-likeness (QED) is 0.836. The minimum absolute atomic E-state index is 0.00818. The average molecular weight is 310 g/mol. The number of carbonyl (C=O) groups excluding carboxylic acids is 1. The van der Waals surface area contributed by atoms with Gasteiger partial charge in [0.1, 0.15) is 5.82 Å². The molecule has 0 radical (unpaired) electrons. The average Bonchev–Trinajstić information content (AvgIpc) is 2.44. The number of rotatable bonds is 4. The molecule has 0 unspecified atom stereocenters. The predicted molar refractivity (Wildman–Crippen MR) is 81.8 cm³/mol. The van der Waals surface area contributed by atoms with Gasteiger partial charge in [-0.3, -0.25) is 4.79 Å². The number of amides is 1. The Kier molecular flexibility index (Phi) is 5.04. The van der Waals surface area contributed by atoms with Gasteiger partial charge in [0.15, 0.2) is 0 Å². The van der Waals surface area contributed by atoms with Crippen LogP contribution in [0.15, 0.2) is 53.4 Å². The van der Waals surface area contributed by atoms with E-state index in [0.29, 0.717) is 5.69 Å². The lowest BCUT2D eigenvalue weighted by Gasteiger charge is -2.12. The fourth-order valence-electron chi connectivity index (χ4n) is 1.57. The maximum absolute atomic E-state index is 13.0. The molecule has 0 saturated carbocycles. The summed E-state index contributed by atoms with van der Waals surface area (Å²) >= 11 is 7.13. The summed E-state index contributed by atoms with van der Waals surface area (Å²) in [6.45, 7) is 1.82. The Morgan fingerprint density at radius 1 is 1.25 bits per heavy atom. The number of anilines is 1. The molecule has 2 aromatic rings. The summed E-state index contributed by atoms with van der Waals surface area (Å²) in [7, 11) is 0. The minimum Gasteiger partial charge on any atom is -0.325 e. The van der Waals surface area contributed by atoms with Gasteiger partial charge in [0.2, 0.25) is 5.91 Å². The number of benzene rings is 2. The maximum atomic E-state index is 13.0. The number of thioether (sulfide) groups is 1. The second kappa shape index (κ2) is 6.77. The van der Waals surface area contributed by atoms with E-state index in [0.717, 1.165) is 4.90 Å². The molecule has 0 bridgehead atoms. The van der Waals surface area contributed by atoms with Crippen LogP contribution in [-0.4, -0.2) is 11.2 Å². The van der Waals surface area contributed by atoms with Gasteiger partial charge >= 0.3 is 0 Å². The second-order valence-electron chi connectivity index (χ2n) is 4.19. The predicted octanol–water partition coefficient (Wildman–Crippen LogP) is 4.60. The molecule has 0 saturated heterocycles. The third kappa shape index (κ3) is 3.99. The van der Waals surface area contributed by atoms with Gasteiger partial charge in [-0.2, -0.15) is 0 Å². The van der Waals surface area contributed by atoms with Crippen molar-refractivity contribution in [2.45, 2.75) is 17.1 Å². The largest absolute Gasteiger partial charge is 0.325 e. The molecule has 0 fully saturated rings. The van der Waals surface area contributed by atoms with Crippen LogP contribution in [0.5, 0.6) is 0 Å². The van der Waals surface area contributed by atoms with E-state index in [9.17, 15) is 9.18 Å². The molecular formula is C15H13ClFNOS. The Morgan fingerprint density at radius 2 is 1.95 bits per heavy atom. The Labute approximate surface area is 126 Å². The van der Waals surface area contributed by atoms with Gasteiger partial charge in [0.05, 0.1) is 10.3 Å². The Bertz CT molecular complexity index is 606. The van der Waals surface area contributed by atoms with Crippen molar-refractivity contribution in [3.8, 4) is 0 Å². The molecule has 0 spiro atoms. The van der Waals surface area contributed by atoms with Crippen molar-refractivity contribution >= 4 is 35.0 Å². The Balaban J connectivity index is 1.99. The van der Waals surface area contributed by atoms with Crippen molar-refractivity contribution in [2.24, 2.45) is 0 Å². The van der Waals surface area contributed by atoms with Gasteiger partial charge in [-0.25, -0.2) is 4.39 Å². The first-order chi connectivity index (χ1) is 9.56. The third-order valence-corrected chi connectivity index (χ3v) is 4.01. The van der Waals surface area contributed by atoms with Crippen LogP contribution in [0.4, 0.5) is 10.1 Å². The van der Waals surface area contributed by atoms with Crippen LogP contribution in [0.1, 0.15) is 6.92 Å². The highest BCUT2D eigenvalue weighted by Gasteiger charge is 2.14. The molecular weight excluding hydrogens is 297 g/mol. The van der Waals surface area contributed by atoms with Crippen molar-refractivity contribution < 1.29 is 9.18 Å². The first-order valence-corrected chi connectivity index (χ1v) is 7.29. The van der Waals surface area contributed by atoms with Crippen molar-refractivity contribution in [2.75, 3.05) is 5.32 Å². The highest BCUT2D eigenvalue weighted by atomic mass is 35.5.